The van der Waals surface area contributed by atoms with Gasteiger partial charge in [0.1, 0.15) is 0 Å². The zero-order valence-corrected chi connectivity index (χ0v) is 8.33. The SMILES string of the molecule is C/C=C\C1[C@H](C)C1(C)[C@@H](C)C#N. The van der Waals surface area contributed by atoms with Crippen LogP contribution in [0, 0.1) is 34.5 Å². The van der Waals surface area contributed by atoms with Gasteiger partial charge < -0.3 is 0 Å². The number of nitriles is 1. The molecule has 1 rings (SSSR count). The molecule has 0 heterocycles. The summed E-state index contributed by atoms with van der Waals surface area (Å²) in [6, 6.07) is 2.35. The maximum absolute atomic E-state index is 8.84. The summed E-state index contributed by atoms with van der Waals surface area (Å²) in [5.41, 5.74) is 0.237. The van der Waals surface area contributed by atoms with Gasteiger partial charge in [0.25, 0.3) is 0 Å². The van der Waals surface area contributed by atoms with Gasteiger partial charge >= 0.3 is 0 Å². The molecule has 0 amide bonds. The zero-order chi connectivity index (χ0) is 9.35. The first-order valence-electron chi connectivity index (χ1n) is 4.61. The Morgan fingerprint density at radius 3 is 2.58 bits per heavy atom. The van der Waals surface area contributed by atoms with E-state index in [0.29, 0.717) is 11.8 Å². The summed E-state index contributed by atoms with van der Waals surface area (Å²) >= 11 is 0. The molecule has 0 saturated heterocycles. The summed E-state index contributed by atoms with van der Waals surface area (Å²) in [4.78, 5) is 0. The average molecular weight is 163 g/mol. The Morgan fingerprint density at radius 1 is 1.58 bits per heavy atom. The summed E-state index contributed by atoms with van der Waals surface area (Å²) < 4.78 is 0. The van der Waals surface area contributed by atoms with E-state index in [0.717, 1.165) is 0 Å². The van der Waals surface area contributed by atoms with E-state index in [1.807, 2.05) is 13.8 Å². The second kappa shape index (κ2) is 2.94. The van der Waals surface area contributed by atoms with Crippen LogP contribution in [0.25, 0.3) is 0 Å². The molecular weight excluding hydrogens is 146 g/mol. The van der Waals surface area contributed by atoms with Crippen molar-refractivity contribution >= 4 is 0 Å². The number of nitrogens with zero attached hydrogens (tertiary/aromatic N) is 1. The third kappa shape index (κ3) is 1.06. The van der Waals surface area contributed by atoms with E-state index in [1.54, 1.807) is 0 Å². The Morgan fingerprint density at radius 2 is 2.17 bits per heavy atom. The minimum Gasteiger partial charge on any atom is -0.198 e. The van der Waals surface area contributed by atoms with Crippen molar-refractivity contribution in [3.8, 4) is 6.07 Å². The van der Waals surface area contributed by atoms with Gasteiger partial charge in [-0.1, -0.05) is 26.0 Å². The average Bonchev–Trinajstić information content (AvgIpc) is 2.58. The molecule has 0 aliphatic heterocycles. The quantitative estimate of drug-likeness (QED) is 0.574. The number of rotatable bonds is 2. The van der Waals surface area contributed by atoms with Gasteiger partial charge in [0.15, 0.2) is 0 Å². The second-order valence-electron chi connectivity index (χ2n) is 4.06. The second-order valence-corrected chi connectivity index (χ2v) is 4.06. The van der Waals surface area contributed by atoms with E-state index in [-0.39, 0.29) is 11.3 Å². The third-order valence-corrected chi connectivity index (χ3v) is 3.66. The maximum atomic E-state index is 8.84. The highest BCUT2D eigenvalue weighted by atomic mass is 14.6. The molecule has 66 valence electrons. The largest absolute Gasteiger partial charge is 0.198 e. The lowest BCUT2D eigenvalue weighted by molar-refractivity contribution is 0.398. The molecule has 1 heteroatoms. The molecule has 0 N–H and O–H groups in total. The van der Waals surface area contributed by atoms with Crippen LogP contribution in [-0.2, 0) is 0 Å². The smallest absolute Gasteiger partial charge is 0.0658 e. The van der Waals surface area contributed by atoms with Gasteiger partial charge in [-0.25, -0.2) is 0 Å². The van der Waals surface area contributed by atoms with Crippen LogP contribution in [0.4, 0.5) is 0 Å². The van der Waals surface area contributed by atoms with Crippen LogP contribution in [0.3, 0.4) is 0 Å². The molecule has 4 atom stereocenters. The van der Waals surface area contributed by atoms with Crippen molar-refractivity contribution in [2.24, 2.45) is 23.2 Å². The molecule has 1 saturated carbocycles. The molecule has 1 fully saturated rings. The molecule has 12 heavy (non-hydrogen) atoms. The Bertz CT molecular complexity index is 236. The van der Waals surface area contributed by atoms with E-state index >= 15 is 0 Å². The van der Waals surface area contributed by atoms with Crippen LogP contribution in [0.5, 0.6) is 0 Å². The van der Waals surface area contributed by atoms with Crippen molar-refractivity contribution in [1.82, 2.24) is 0 Å². The fraction of sp³-hybridized carbons (Fsp3) is 0.727. The first-order valence-corrected chi connectivity index (χ1v) is 4.61. The minimum absolute atomic E-state index is 0.175. The zero-order valence-electron chi connectivity index (χ0n) is 8.33. The standard InChI is InChI=1S/C11H17N/c1-5-6-10-9(3)11(10,4)8(2)7-12/h5-6,8-10H,1-4H3/b6-5-/t8-,9-,10?,11?/m0/s1. The molecule has 0 aromatic carbocycles. The minimum atomic E-state index is 0.175. The highest BCUT2D eigenvalue weighted by Crippen LogP contribution is 2.63. The van der Waals surface area contributed by atoms with Crippen molar-refractivity contribution in [3.05, 3.63) is 12.2 Å². The Labute approximate surface area is 75.1 Å². The summed E-state index contributed by atoms with van der Waals surface area (Å²) in [5.74, 6) is 1.47. The van der Waals surface area contributed by atoms with Crippen molar-refractivity contribution in [1.29, 1.82) is 5.26 Å². The maximum Gasteiger partial charge on any atom is 0.0658 e. The summed E-state index contributed by atoms with van der Waals surface area (Å²) in [5, 5.41) is 8.84. The van der Waals surface area contributed by atoms with Crippen LogP contribution in [-0.4, -0.2) is 0 Å². The van der Waals surface area contributed by atoms with Gasteiger partial charge in [-0.05, 0) is 31.1 Å². The normalized spacial score (nSPS) is 42.6. The lowest BCUT2D eigenvalue weighted by Gasteiger charge is -2.12. The number of hydrogen-bond donors (Lipinski definition) is 0. The fourth-order valence-electron chi connectivity index (χ4n) is 2.20. The van der Waals surface area contributed by atoms with E-state index < -0.39 is 0 Å². The molecule has 0 bridgehead atoms. The summed E-state index contributed by atoms with van der Waals surface area (Å²) in [6.07, 6.45) is 4.33. The van der Waals surface area contributed by atoms with Crippen LogP contribution < -0.4 is 0 Å². The van der Waals surface area contributed by atoms with E-state index in [9.17, 15) is 0 Å². The molecule has 0 radical (unpaired) electrons. The molecule has 0 aromatic heterocycles. The van der Waals surface area contributed by atoms with Crippen molar-refractivity contribution < 1.29 is 0 Å². The van der Waals surface area contributed by atoms with Crippen LogP contribution in [0.1, 0.15) is 27.7 Å². The van der Waals surface area contributed by atoms with Gasteiger partial charge in [-0.3, -0.25) is 0 Å². The highest BCUT2D eigenvalue weighted by Gasteiger charge is 2.59. The van der Waals surface area contributed by atoms with Gasteiger partial charge in [-0.2, -0.15) is 5.26 Å². The van der Waals surface area contributed by atoms with Crippen LogP contribution >= 0.6 is 0 Å². The fourth-order valence-corrected chi connectivity index (χ4v) is 2.20. The Balaban J connectivity index is 2.72. The topological polar surface area (TPSA) is 23.8 Å². The highest BCUT2D eigenvalue weighted by molar-refractivity contribution is 5.19. The number of allylic oxidation sites excluding steroid dienone is 2. The van der Waals surface area contributed by atoms with E-state index in [1.165, 1.54) is 0 Å². The van der Waals surface area contributed by atoms with Crippen molar-refractivity contribution in [3.63, 3.8) is 0 Å². The monoisotopic (exact) mass is 163 g/mol. The van der Waals surface area contributed by atoms with Gasteiger partial charge in [0, 0.05) is 5.92 Å². The van der Waals surface area contributed by atoms with Gasteiger partial charge in [-0.15, -0.1) is 0 Å². The van der Waals surface area contributed by atoms with Gasteiger partial charge in [0.05, 0.1) is 6.07 Å². The number of hydrogen-bond acceptors (Lipinski definition) is 1. The van der Waals surface area contributed by atoms with Crippen LogP contribution in [0.2, 0.25) is 0 Å². The lowest BCUT2D eigenvalue weighted by Crippen LogP contribution is -2.09. The predicted octanol–water partition coefficient (Wildman–Crippen LogP) is 2.99. The summed E-state index contributed by atoms with van der Waals surface area (Å²) in [6.45, 7) is 8.53. The predicted molar refractivity (Wildman–Crippen MR) is 50.4 cm³/mol. The molecule has 1 aliphatic rings. The van der Waals surface area contributed by atoms with Crippen LogP contribution in [0.15, 0.2) is 12.2 Å². The molecule has 2 unspecified atom stereocenters. The lowest BCUT2D eigenvalue weighted by atomic mass is 9.90. The molecule has 0 spiro atoms. The molecular formula is C11H17N. The van der Waals surface area contributed by atoms with Gasteiger partial charge in [0.2, 0.25) is 0 Å². The molecule has 1 nitrogen and oxygen atoms in total. The van der Waals surface area contributed by atoms with Crippen molar-refractivity contribution in [2.45, 2.75) is 27.7 Å². The third-order valence-electron chi connectivity index (χ3n) is 3.66. The van der Waals surface area contributed by atoms with E-state index in [4.69, 9.17) is 5.26 Å². The first-order chi connectivity index (χ1) is 5.58. The Hall–Kier alpha value is -0.770. The first kappa shape index (κ1) is 9.32. The molecule has 0 aromatic rings. The van der Waals surface area contributed by atoms with E-state index in [2.05, 4.69) is 32.1 Å². The molecule has 1 aliphatic carbocycles. The van der Waals surface area contributed by atoms with Crippen molar-refractivity contribution in [2.75, 3.05) is 0 Å². The Kier molecular flexibility index (Phi) is 2.28. The summed E-state index contributed by atoms with van der Waals surface area (Å²) in [7, 11) is 0.